The van der Waals surface area contributed by atoms with Crippen LogP contribution in [0, 0.1) is 13.8 Å². The summed E-state index contributed by atoms with van der Waals surface area (Å²) < 4.78 is 11.1. The number of ether oxygens (including phenoxy) is 1. The Kier molecular flexibility index (Phi) is 3.22. The van der Waals surface area contributed by atoms with Crippen LogP contribution in [0.4, 0.5) is 11.5 Å². The number of nitrogens with zero attached hydrogens (tertiary/aromatic N) is 3. The number of pyridine rings is 2. The molecule has 0 bridgehead atoms. The van der Waals surface area contributed by atoms with E-state index >= 15 is 0 Å². The Morgan fingerprint density at radius 3 is 2.74 bits per heavy atom. The second-order valence-corrected chi connectivity index (χ2v) is 5.49. The van der Waals surface area contributed by atoms with E-state index in [9.17, 15) is 0 Å². The lowest BCUT2D eigenvalue weighted by molar-refractivity contribution is 0.357. The molecule has 4 rings (SSSR count). The molecule has 1 N–H and O–H groups in total. The lowest BCUT2D eigenvalue weighted by atomic mass is 9.99. The van der Waals surface area contributed by atoms with Gasteiger partial charge >= 0.3 is 0 Å². The highest BCUT2D eigenvalue weighted by Crippen LogP contribution is 2.41. The largest absolute Gasteiger partial charge is 0.489 e. The van der Waals surface area contributed by atoms with Crippen molar-refractivity contribution in [2.24, 2.45) is 0 Å². The highest BCUT2D eigenvalue weighted by Gasteiger charge is 2.25. The van der Waals surface area contributed by atoms with Crippen LogP contribution in [0.5, 0.6) is 5.75 Å². The third-order valence-corrected chi connectivity index (χ3v) is 3.98. The highest BCUT2D eigenvalue weighted by molar-refractivity contribution is 5.77. The molecule has 1 aliphatic heterocycles. The van der Waals surface area contributed by atoms with E-state index in [1.54, 1.807) is 12.4 Å². The van der Waals surface area contributed by atoms with Crippen molar-refractivity contribution in [3.63, 3.8) is 0 Å². The highest BCUT2D eigenvalue weighted by atomic mass is 16.5. The lowest BCUT2D eigenvalue weighted by Gasteiger charge is -2.12. The number of hydrogen-bond acceptors (Lipinski definition) is 6. The second-order valence-electron chi connectivity index (χ2n) is 5.49. The van der Waals surface area contributed by atoms with Gasteiger partial charge in [0.05, 0.1) is 12.3 Å². The van der Waals surface area contributed by atoms with Gasteiger partial charge in [-0.2, -0.15) is 0 Å². The fourth-order valence-corrected chi connectivity index (χ4v) is 2.93. The fourth-order valence-electron chi connectivity index (χ4n) is 2.93. The van der Waals surface area contributed by atoms with Gasteiger partial charge in [0.25, 0.3) is 0 Å². The summed E-state index contributed by atoms with van der Waals surface area (Å²) >= 11 is 0. The number of aromatic nitrogens is 3. The molecule has 3 aromatic rings. The number of hydrogen-bond donors (Lipinski definition) is 1. The van der Waals surface area contributed by atoms with E-state index in [-0.39, 0.29) is 0 Å². The minimum Gasteiger partial charge on any atom is -0.489 e. The summed E-state index contributed by atoms with van der Waals surface area (Å²) in [6.45, 7) is 4.51. The monoisotopic (exact) mass is 308 g/mol. The molecule has 4 heterocycles. The van der Waals surface area contributed by atoms with Gasteiger partial charge in [0.2, 0.25) is 0 Å². The number of fused-ring (bicyclic) bond motifs is 1. The van der Waals surface area contributed by atoms with Crippen LogP contribution < -0.4 is 10.1 Å². The maximum atomic E-state index is 5.83. The Labute approximate surface area is 133 Å². The van der Waals surface area contributed by atoms with Crippen molar-refractivity contribution in [2.45, 2.75) is 20.3 Å². The number of anilines is 2. The molecule has 23 heavy (non-hydrogen) atoms. The predicted molar refractivity (Wildman–Crippen MR) is 85.9 cm³/mol. The summed E-state index contributed by atoms with van der Waals surface area (Å²) in [5.41, 5.74) is 4.98. The fraction of sp³-hybridized carbons (Fsp3) is 0.235. The van der Waals surface area contributed by atoms with E-state index < -0.39 is 0 Å². The zero-order valence-electron chi connectivity index (χ0n) is 13.0. The van der Waals surface area contributed by atoms with Gasteiger partial charge in [-0.3, -0.25) is 4.98 Å². The maximum Gasteiger partial charge on any atom is 0.173 e. The standard InChI is InChI=1S/C17H16N4O2/c1-10-15(11(2)23-21-10)14-9-19-17(16-13(14)5-8-22-16)20-12-3-6-18-7-4-12/h3-4,6-7,9H,5,8H2,1-2H3,(H,18,19,20). The molecule has 1 aliphatic rings. The number of nitrogens with one attached hydrogen (secondary N) is 1. The summed E-state index contributed by atoms with van der Waals surface area (Å²) in [5.74, 6) is 2.33. The smallest absolute Gasteiger partial charge is 0.173 e. The van der Waals surface area contributed by atoms with Gasteiger partial charge in [0.15, 0.2) is 11.6 Å². The molecule has 0 saturated carbocycles. The molecule has 116 valence electrons. The Balaban J connectivity index is 1.80. The molecule has 0 saturated heterocycles. The summed E-state index contributed by atoms with van der Waals surface area (Å²) in [7, 11) is 0. The van der Waals surface area contributed by atoms with Crippen molar-refractivity contribution in [2.75, 3.05) is 11.9 Å². The zero-order chi connectivity index (χ0) is 15.8. The van der Waals surface area contributed by atoms with Crippen molar-refractivity contribution in [3.05, 3.63) is 47.7 Å². The van der Waals surface area contributed by atoms with E-state index in [4.69, 9.17) is 9.26 Å². The summed E-state index contributed by atoms with van der Waals surface area (Å²) in [5, 5.41) is 7.33. The summed E-state index contributed by atoms with van der Waals surface area (Å²) in [4.78, 5) is 8.58. The van der Waals surface area contributed by atoms with Crippen molar-refractivity contribution in [3.8, 4) is 16.9 Å². The van der Waals surface area contributed by atoms with Crippen LogP contribution in [0.1, 0.15) is 17.0 Å². The van der Waals surface area contributed by atoms with Crippen LogP contribution in [-0.4, -0.2) is 21.7 Å². The molecule has 6 nitrogen and oxygen atoms in total. The van der Waals surface area contributed by atoms with Gasteiger partial charge in [-0.1, -0.05) is 5.16 Å². The lowest BCUT2D eigenvalue weighted by Crippen LogP contribution is -1.98. The van der Waals surface area contributed by atoms with Crippen LogP contribution in [0.25, 0.3) is 11.1 Å². The Hall–Kier alpha value is -2.89. The number of rotatable bonds is 3. The van der Waals surface area contributed by atoms with Gasteiger partial charge in [-0.25, -0.2) is 4.98 Å². The molecular weight excluding hydrogens is 292 g/mol. The van der Waals surface area contributed by atoms with Crippen LogP contribution in [0.3, 0.4) is 0 Å². The van der Waals surface area contributed by atoms with Crippen molar-refractivity contribution < 1.29 is 9.26 Å². The third-order valence-electron chi connectivity index (χ3n) is 3.98. The third kappa shape index (κ3) is 2.32. The van der Waals surface area contributed by atoms with Gasteiger partial charge in [-0.05, 0) is 26.0 Å². The van der Waals surface area contributed by atoms with Crippen LogP contribution in [-0.2, 0) is 6.42 Å². The quantitative estimate of drug-likeness (QED) is 0.799. The first-order chi connectivity index (χ1) is 11.2. The first-order valence-electron chi connectivity index (χ1n) is 7.49. The van der Waals surface area contributed by atoms with Crippen LogP contribution in [0.2, 0.25) is 0 Å². The van der Waals surface area contributed by atoms with Crippen molar-refractivity contribution >= 4 is 11.5 Å². The molecule has 3 aromatic heterocycles. The van der Waals surface area contributed by atoms with Gasteiger partial charge in [-0.15, -0.1) is 0 Å². The van der Waals surface area contributed by atoms with E-state index in [0.29, 0.717) is 6.61 Å². The zero-order valence-corrected chi connectivity index (χ0v) is 13.0. The second kappa shape index (κ2) is 5.39. The maximum absolute atomic E-state index is 5.83. The first kappa shape index (κ1) is 13.8. The predicted octanol–water partition coefficient (Wildman–Crippen LogP) is 3.43. The normalized spacial score (nSPS) is 12.8. The molecule has 0 spiro atoms. The van der Waals surface area contributed by atoms with Crippen molar-refractivity contribution in [1.29, 1.82) is 0 Å². The van der Waals surface area contributed by atoms with Gasteiger partial charge < -0.3 is 14.6 Å². The van der Waals surface area contributed by atoms with E-state index in [2.05, 4.69) is 20.4 Å². The molecule has 0 aliphatic carbocycles. The SMILES string of the molecule is Cc1noc(C)c1-c1cnc(Nc2ccncc2)c2c1CCO2. The van der Waals surface area contributed by atoms with Gasteiger partial charge in [0, 0.05) is 47.4 Å². The summed E-state index contributed by atoms with van der Waals surface area (Å²) in [6.07, 6.45) is 6.19. The molecule has 0 atom stereocenters. The molecule has 0 fully saturated rings. The molecule has 0 amide bonds. The average molecular weight is 308 g/mol. The van der Waals surface area contributed by atoms with Crippen molar-refractivity contribution in [1.82, 2.24) is 15.1 Å². The Bertz CT molecular complexity index is 839. The first-order valence-corrected chi connectivity index (χ1v) is 7.49. The molecule has 0 unspecified atom stereocenters. The van der Waals surface area contributed by atoms with E-state index in [1.165, 1.54) is 0 Å². The minimum absolute atomic E-state index is 0.655. The molecule has 0 radical (unpaired) electrons. The summed E-state index contributed by atoms with van der Waals surface area (Å²) in [6, 6.07) is 3.79. The average Bonchev–Trinajstić information content (AvgIpc) is 3.17. The van der Waals surface area contributed by atoms with Crippen LogP contribution >= 0.6 is 0 Å². The van der Waals surface area contributed by atoms with Gasteiger partial charge in [0.1, 0.15) is 5.76 Å². The molecule has 6 heteroatoms. The number of aryl methyl sites for hydroxylation is 2. The van der Waals surface area contributed by atoms with E-state index in [1.807, 2.05) is 32.2 Å². The van der Waals surface area contributed by atoms with Crippen LogP contribution in [0.15, 0.2) is 35.2 Å². The molecule has 0 aromatic carbocycles. The molecular formula is C17H16N4O2. The topological polar surface area (TPSA) is 73.1 Å². The Morgan fingerprint density at radius 2 is 2.00 bits per heavy atom. The Morgan fingerprint density at radius 1 is 1.17 bits per heavy atom. The minimum atomic E-state index is 0.655. The van der Waals surface area contributed by atoms with E-state index in [0.717, 1.165) is 51.8 Å².